The zero-order valence-corrected chi connectivity index (χ0v) is 23.7. The van der Waals surface area contributed by atoms with Gasteiger partial charge in [-0.3, -0.25) is 9.69 Å². The van der Waals surface area contributed by atoms with Gasteiger partial charge in [0.2, 0.25) is 0 Å². The third kappa shape index (κ3) is 11.4. The lowest BCUT2D eigenvalue weighted by atomic mass is 10.0. The molecular formula is C33H44N2O5. The van der Waals surface area contributed by atoms with E-state index in [1.165, 1.54) is 0 Å². The molecule has 0 unspecified atom stereocenters. The molecule has 0 fully saturated rings. The molecule has 0 aliphatic rings. The Kier molecular flexibility index (Phi) is 13.5. The average molecular weight is 549 g/mol. The van der Waals surface area contributed by atoms with Gasteiger partial charge in [0.25, 0.3) is 5.91 Å². The van der Waals surface area contributed by atoms with Crippen LogP contribution in [0.5, 0.6) is 11.5 Å². The quantitative estimate of drug-likeness (QED) is 0.199. The zero-order valence-electron chi connectivity index (χ0n) is 23.7. The van der Waals surface area contributed by atoms with Crippen LogP contribution in [-0.4, -0.2) is 72.1 Å². The van der Waals surface area contributed by atoms with Gasteiger partial charge in [0, 0.05) is 31.2 Å². The van der Waals surface area contributed by atoms with Crippen molar-refractivity contribution in [3.05, 3.63) is 96.1 Å². The van der Waals surface area contributed by atoms with Gasteiger partial charge in [0.1, 0.15) is 36.9 Å². The van der Waals surface area contributed by atoms with Crippen LogP contribution in [-0.2, 0) is 6.42 Å². The molecule has 0 heterocycles. The summed E-state index contributed by atoms with van der Waals surface area (Å²) in [7, 11) is 0. The number of nitrogens with one attached hydrogen (secondary N) is 1. The van der Waals surface area contributed by atoms with Crippen LogP contribution in [0.4, 0.5) is 0 Å². The number of ether oxygens (including phenoxy) is 2. The molecule has 0 bridgehead atoms. The molecule has 3 atom stereocenters. The first-order valence-corrected chi connectivity index (χ1v) is 14.3. The summed E-state index contributed by atoms with van der Waals surface area (Å²) in [6.45, 7) is 5.92. The summed E-state index contributed by atoms with van der Waals surface area (Å²) in [5, 5.41) is 24.5. The summed E-state index contributed by atoms with van der Waals surface area (Å²) in [5.41, 5.74) is 1.80. The van der Waals surface area contributed by atoms with E-state index in [2.05, 4.69) is 24.1 Å². The molecule has 0 radical (unpaired) electrons. The van der Waals surface area contributed by atoms with Gasteiger partial charge in [-0.15, -0.1) is 0 Å². The summed E-state index contributed by atoms with van der Waals surface area (Å²) in [4.78, 5) is 14.4. The summed E-state index contributed by atoms with van der Waals surface area (Å²) in [6.07, 6.45) is 2.19. The first-order valence-electron chi connectivity index (χ1n) is 14.3. The number of hydrogen-bond acceptors (Lipinski definition) is 6. The largest absolute Gasteiger partial charge is 0.491 e. The molecule has 0 spiro atoms. The number of hydrogen-bond donors (Lipinski definition) is 3. The van der Waals surface area contributed by atoms with Crippen LogP contribution < -0.4 is 14.8 Å². The van der Waals surface area contributed by atoms with Crippen molar-refractivity contribution < 1.29 is 24.5 Å². The summed E-state index contributed by atoms with van der Waals surface area (Å²) >= 11 is 0. The maximum absolute atomic E-state index is 12.3. The second kappa shape index (κ2) is 17.3. The van der Waals surface area contributed by atoms with Gasteiger partial charge < -0.3 is 25.0 Å². The first kappa shape index (κ1) is 31.1. The van der Waals surface area contributed by atoms with Crippen LogP contribution in [0.25, 0.3) is 0 Å². The number of benzene rings is 3. The van der Waals surface area contributed by atoms with Crippen molar-refractivity contribution in [1.82, 2.24) is 10.2 Å². The number of amides is 1. The molecule has 3 aromatic rings. The zero-order chi connectivity index (χ0) is 28.6. The minimum atomic E-state index is -0.726. The highest BCUT2D eigenvalue weighted by Crippen LogP contribution is 2.15. The molecule has 0 aromatic heterocycles. The molecule has 7 nitrogen and oxygen atoms in total. The summed E-state index contributed by atoms with van der Waals surface area (Å²) < 4.78 is 11.5. The van der Waals surface area contributed by atoms with Crippen LogP contribution in [0.2, 0.25) is 0 Å². The van der Waals surface area contributed by atoms with E-state index in [0.29, 0.717) is 36.7 Å². The number of aliphatic hydroxyl groups is 2. The van der Waals surface area contributed by atoms with Crippen molar-refractivity contribution in [1.29, 1.82) is 0 Å². The molecular weight excluding hydrogens is 504 g/mol. The highest BCUT2D eigenvalue weighted by molar-refractivity contribution is 5.94. The molecule has 1 amide bonds. The second-order valence-corrected chi connectivity index (χ2v) is 10.2. The van der Waals surface area contributed by atoms with E-state index in [1.807, 2.05) is 84.9 Å². The Balaban J connectivity index is 1.55. The number of unbranched alkanes of at least 4 members (excludes halogenated alkanes) is 1. The monoisotopic (exact) mass is 548 g/mol. The van der Waals surface area contributed by atoms with Crippen LogP contribution >= 0.6 is 0 Å². The highest BCUT2D eigenvalue weighted by atomic mass is 16.5. The molecule has 3 N–H and O–H groups in total. The van der Waals surface area contributed by atoms with Gasteiger partial charge in [-0.2, -0.15) is 0 Å². The number of rotatable bonds is 18. The van der Waals surface area contributed by atoms with Crippen molar-refractivity contribution >= 4 is 5.91 Å². The standard InChI is InChI=1S/C33H44N2O5/c1-3-4-21-34-33(38)28-19-17-27(18-20-28)16-15-26(2)35(22-29(36)24-39-31-11-7-5-8-12-31)23-30(37)25-40-32-13-9-6-10-14-32/h5-14,17-20,26,29-30,36-37H,3-4,15-16,21-25H2,1-2H3,(H,34,38)/t26-,29+,30+/m1/s1. The van der Waals surface area contributed by atoms with E-state index in [0.717, 1.165) is 31.2 Å². The van der Waals surface area contributed by atoms with E-state index in [-0.39, 0.29) is 25.2 Å². The van der Waals surface area contributed by atoms with Crippen LogP contribution in [0.15, 0.2) is 84.9 Å². The van der Waals surface area contributed by atoms with Crippen molar-refractivity contribution in [2.45, 2.75) is 57.8 Å². The minimum Gasteiger partial charge on any atom is -0.491 e. The average Bonchev–Trinajstić information content (AvgIpc) is 2.99. The first-order chi connectivity index (χ1) is 19.4. The Labute approximate surface area is 238 Å². The fourth-order valence-corrected chi connectivity index (χ4v) is 4.36. The minimum absolute atomic E-state index is 0.0436. The molecule has 0 aliphatic heterocycles. The lowest BCUT2D eigenvalue weighted by molar-refractivity contribution is 0.0154. The Morgan fingerprint density at radius 1 is 0.825 bits per heavy atom. The van der Waals surface area contributed by atoms with E-state index in [1.54, 1.807) is 0 Å². The number of para-hydroxylation sites is 2. The normalized spacial score (nSPS) is 13.4. The molecule has 216 valence electrons. The molecule has 3 aromatic carbocycles. The molecule has 40 heavy (non-hydrogen) atoms. The number of aliphatic hydroxyl groups excluding tert-OH is 2. The fourth-order valence-electron chi connectivity index (χ4n) is 4.36. The fraction of sp³-hybridized carbons (Fsp3) is 0.424. The lowest BCUT2D eigenvalue weighted by Gasteiger charge is -2.32. The van der Waals surface area contributed by atoms with Crippen molar-refractivity contribution in [3.63, 3.8) is 0 Å². The number of carbonyl (C=O) groups is 1. The molecule has 0 saturated heterocycles. The maximum Gasteiger partial charge on any atom is 0.251 e. The topological polar surface area (TPSA) is 91.3 Å². The number of aryl methyl sites for hydroxylation is 1. The molecule has 7 heteroatoms. The van der Waals surface area contributed by atoms with Crippen molar-refractivity contribution in [2.75, 3.05) is 32.8 Å². The number of carbonyl (C=O) groups excluding carboxylic acids is 1. The van der Waals surface area contributed by atoms with E-state index < -0.39 is 12.2 Å². The van der Waals surface area contributed by atoms with Gasteiger partial charge in [0.05, 0.1) is 0 Å². The van der Waals surface area contributed by atoms with Gasteiger partial charge >= 0.3 is 0 Å². The predicted molar refractivity (Wildman–Crippen MR) is 159 cm³/mol. The van der Waals surface area contributed by atoms with E-state index in [9.17, 15) is 15.0 Å². The Morgan fingerprint density at radius 3 is 1.85 bits per heavy atom. The molecule has 3 rings (SSSR count). The van der Waals surface area contributed by atoms with Gasteiger partial charge in [-0.05, 0) is 68.1 Å². The van der Waals surface area contributed by atoms with E-state index >= 15 is 0 Å². The predicted octanol–water partition coefficient (Wildman–Crippen LogP) is 4.72. The molecule has 0 saturated carbocycles. The Morgan fingerprint density at radius 2 is 1.35 bits per heavy atom. The van der Waals surface area contributed by atoms with Crippen molar-refractivity contribution in [3.8, 4) is 11.5 Å². The summed E-state index contributed by atoms with van der Waals surface area (Å²) in [6, 6.07) is 26.7. The lowest BCUT2D eigenvalue weighted by Crippen LogP contribution is -2.46. The summed E-state index contributed by atoms with van der Waals surface area (Å²) in [5.74, 6) is 1.37. The van der Waals surface area contributed by atoms with E-state index in [4.69, 9.17) is 9.47 Å². The van der Waals surface area contributed by atoms with Gasteiger partial charge in [-0.1, -0.05) is 61.9 Å². The number of nitrogens with zero attached hydrogens (tertiary/aromatic N) is 1. The smallest absolute Gasteiger partial charge is 0.251 e. The highest BCUT2D eigenvalue weighted by Gasteiger charge is 2.22. The SMILES string of the molecule is CCCCNC(=O)c1ccc(CC[C@@H](C)N(C[C@H](O)COc2ccccc2)C[C@H](O)COc2ccccc2)cc1. The molecule has 0 aliphatic carbocycles. The third-order valence-electron chi connectivity index (χ3n) is 6.77. The second-order valence-electron chi connectivity index (χ2n) is 10.2. The maximum atomic E-state index is 12.3. The van der Waals surface area contributed by atoms with Crippen LogP contribution in [0, 0.1) is 0 Å². The van der Waals surface area contributed by atoms with Gasteiger partial charge in [0.15, 0.2) is 0 Å². The third-order valence-corrected chi connectivity index (χ3v) is 6.77. The van der Waals surface area contributed by atoms with Crippen LogP contribution in [0.1, 0.15) is 49.0 Å². The Bertz CT molecular complexity index is 1040. The van der Waals surface area contributed by atoms with Crippen LogP contribution in [0.3, 0.4) is 0 Å². The van der Waals surface area contributed by atoms with Crippen molar-refractivity contribution in [2.24, 2.45) is 0 Å². The van der Waals surface area contributed by atoms with Gasteiger partial charge in [-0.25, -0.2) is 0 Å². The Hall–Kier alpha value is -3.39.